The van der Waals surface area contributed by atoms with Crippen LogP contribution in [0.15, 0.2) is 24.3 Å². The molecule has 124 valence electrons. The number of hydrogen-bond donors (Lipinski definition) is 1. The molecule has 0 bridgehead atoms. The van der Waals surface area contributed by atoms with Crippen LogP contribution in [0, 0.1) is 5.92 Å². The summed E-state index contributed by atoms with van der Waals surface area (Å²) in [4.78, 5) is 28.3. The maximum Gasteiger partial charge on any atom is 0.322 e. The molecule has 0 aliphatic carbocycles. The largest absolute Gasteiger partial charge is 0.322 e. The van der Waals surface area contributed by atoms with Gasteiger partial charge in [-0.3, -0.25) is 4.79 Å². The van der Waals surface area contributed by atoms with E-state index in [-0.39, 0.29) is 11.8 Å². The van der Waals surface area contributed by atoms with Gasteiger partial charge in [0, 0.05) is 30.4 Å². The Hall–Kier alpha value is -1.88. The van der Waals surface area contributed by atoms with Crippen molar-refractivity contribution in [1.29, 1.82) is 0 Å². The number of likely N-dealkylation sites (tertiary alicyclic amines) is 2. The van der Waals surface area contributed by atoms with Crippen molar-refractivity contribution < 1.29 is 9.59 Å². The normalized spacial score (nSPS) is 24.9. The first-order valence-corrected chi connectivity index (χ1v) is 8.42. The lowest BCUT2D eigenvalue weighted by Gasteiger charge is -2.46. The maximum absolute atomic E-state index is 12.7. The molecule has 0 radical (unpaired) electrons. The first-order chi connectivity index (χ1) is 11.0. The van der Waals surface area contributed by atoms with Gasteiger partial charge >= 0.3 is 6.03 Å². The van der Waals surface area contributed by atoms with Crippen LogP contribution < -0.4 is 5.32 Å². The number of carbonyl (C=O) groups excluding carboxylic acids is 2. The SMILES string of the molecule is CC(=O)c1ccc(NC(=O)N2CCC[C@H]3CN(C)CC[C@@H]32)cc1. The summed E-state index contributed by atoms with van der Waals surface area (Å²) in [6, 6.07) is 7.45. The van der Waals surface area contributed by atoms with Crippen LogP contribution >= 0.6 is 0 Å². The van der Waals surface area contributed by atoms with Gasteiger partial charge in [-0.1, -0.05) is 0 Å². The quantitative estimate of drug-likeness (QED) is 0.854. The molecule has 0 saturated carbocycles. The summed E-state index contributed by atoms with van der Waals surface area (Å²) in [6.45, 7) is 4.52. The molecule has 3 rings (SSSR count). The molecule has 2 amide bonds. The summed E-state index contributed by atoms with van der Waals surface area (Å²) >= 11 is 0. The molecule has 2 heterocycles. The third kappa shape index (κ3) is 3.55. The molecule has 5 heteroatoms. The number of piperidine rings is 2. The minimum absolute atomic E-state index is 0.0140. The van der Waals surface area contributed by atoms with E-state index in [1.165, 1.54) is 6.42 Å². The first kappa shape index (κ1) is 16.0. The first-order valence-electron chi connectivity index (χ1n) is 8.42. The zero-order valence-corrected chi connectivity index (χ0v) is 13.9. The number of nitrogens with zero attached hydrogens (tertiary/aromatic N) is 2. The Kier molecular flexibility index (Phi) is 4.66. The van der Waals surface area contributed by atoms with Gasteiger partial charge in [-0.25, -0.2) is 4.79 Å². The van der Waals surface area contributed by atoms with Crippen molar-refractivity contribution in [1.82, 2.24) is 9.80 Å². The maximum atomic E-state index is 12.7. The fraction of sp³-hybridized carbons (Fsp3) is 0.556. The summed E-state index contributed by atoms with van der Waals surface area (Å²) in [7, 11) is 2.16. The van der Waals surface area contributed by atoms with Gasteiger partial charge in [0.05, 0.1) is 0 Å². The van der Waals surface area contributed by atoms with E-state index in [9.17, 15) is 9.59 Å². The van der Waals surface area contributed by atoms with Gasteiger partial charge in [0.1, 0.15) is 0 Å². The number of carbonyl (C=O) groups is 2. The van der Waals surface area contributed by atoms with Crippen molar-refractivity contribution >= 4 is 17.5 Å². The Balaban J connectivity index is 1.66. The molecule has 1 N–H and O–H groups in total. The topological polar surface area (TPSA) is 52.7 Å². The third-order valence-corrected chi connectivity index (χ3v) is 5.07. The smallest absolute Gasteiger partial charge is 0.321 e. The molecule has 1 aromatic carbocycles. The monoisotopic (exact) mass is 315 g/mol. The molecule has 0 unspecified atom stereocenters. The molecule has 2 aliphatic heterocycles. The van der Waals surface area contributed by atoms with Crippen molar-refractivity contribution in [3.63, 3.8) is 0 Å². The second-order valence-electron chi connectivity index (χ2n) is 6.78. The second kappa shape index (κ2) is 6.71. The fourth-order valence-electron chi connectivity index (χ4n) is 3.82. The van der Waals surface area contributed by atoms with Crippen molar-refractivity contribution in [3.05, 3.63) is 29.8 Å². The third-order valence-electron chi connectivity index (χ3n) is 5.07. The van der Waals surface area contributed by atoms with E-state index in [1.54, 1.807) is 31.2 Å². The molecule has 1 aromatic rings. The average Bonchev–Trinajstić information content (AvgIpc) is 2.54. The second-order valence-corrected chi connectivity index (χ2v) is 6.78. The highest BCUT2D eigenvalue weighted by atomic mass is 16.2. The van der Waals surface area contributed by atoms with Crippen LogP contribution in [-0.4, -0.2) is 54.3 Å². The van der Waals surface area contributed by atoms with Crippen LogP contribution in [0.4, 0.5) is 10.5 Å². The van der Waals surface area contributed by atoms with E-state index >= 15 is 0 Å². The predicted molar refractivity (Wildman–Crippen MR) is 90.8 cm³/mol. The molecular weight excluding hydrogens is 290 g/mol. The number of urea groups is 1. The van der Waals surface area contributed by atoms with E-state index in [4.69, 9.17) is 0 Å². The van der Waals surface area contributed by atoms with Crippen molar-refractivity contribution in [2.75, 3.05) is 32.0 Å². The Labute approximate surface area is 137 Å². The number of ketones is 1. The number of nitrogens with one attached hydrogen (secondary N) is 1. The van der Waals surface area contributed by atoms with Gasteiger partial charge in [-0.05, 0) is 70.0 Å². The Morgan fingerprint density at radius 1 is 1.13 bits per heavy atom. The van der Waals surface area contributed by atoms with Gasteiger partial charge in [0.25, 0.3) is 0 Å². The van der Waals surface area contributed by atoms with Crippen LogP contribution in [-0.2, 0) is 0 Å². The molecule has 23 heavy (non-hydrogen) atoms. The lowest BCUT2D eigenvalue weighted by Crippen LogP contribution is -2.56. The van der Waals surface area contributed by atoms with E-state index in [2.05, 4.69) is 17.3 Å². The lowest BCUT2D eigenvalue weighted by molar-refractivity contribution is 0.0579. The number of anilines is 1. The van der Waals surface area contributed by atoms with Crippen LogP contribution in [0.1, 0.15) is 36.5 Å². The number of fused-ring (bicyclic) bond motifs is 1. The lowest BCUT2D eigenvalue weighted by atomic mass is 9.84. The summed E-state index contributed by atoms with van der Waals surface area (Å²) in [5, 5.41) is 2.98. The van der Waals surface area contributed by atoms with Crippen molar-refractivity contribution in [2.24, 2.45) is 5.92 Å². The highest BCUT2D eigenvalue weighted by molar-refractivity contribution is 5.95. The number of rotatable bonds is 2. The fourth-order valence-corrected chi connectivity index (χ4v) is 3.82. The zero-order valence-electron chi connectivity index (χ0n) is 13.9. The molecule has 2 aliphatic rings. The number of amides is 2. The summed E-state index contributed by atoms with van der Waals surface area (Å²) < 4.78 is 0. The molecule has 2 atom stereocenters. The van der Waals surface area contributed by atoms with Gasteiger partial charge < -0.3 is 15.1 Å². The number of benzene rings is 1. The van der Waals surface area contributed by atoms with Crippen LogP contribution in [0.3, 0.4) is 0 Å². The highest BCUT2D eigenvalue weighted by Crippen LogP contribution is 2.30. The molecule has 2 fully saturated rings. The molecule has 5 nitrogen and oxygen atoms in total. The van der Waals surface area contributed by atoms with E-state index < -0.39 is 0 Å². The van der Waals surface area contributed by atoms with Crippen molar-refractivity contribution in [2.45, 2.75) is 32.2 Å². The Bertz CT molecular complexity index is 584. The van der Waals surface area contributed by atoms with Crippen LogP contribution in [0.2, 0.25) is 0 Å². The molecule has 0 aromatic heterocycles. The summed E-state index contributed by atoms with van der Waals surface area (Å²) in [5.41, 5.74) is 1.41. The van der Waals surface area contributed by atoms with Crippen LogP contribution in [0.25, 0.3) is 0 Å². The average molecular weight is 315 g/mol. The van der Waals surface area contributed by atoms with Crippen molar-refractivity contribution in [3.8, 4) is 0 Å². The van der Waals surface area contributed by atoms with Gasteiger partial charge in [0.15, 0.2) is 5.78 Å². The molecule has 2 saturated heterocycles. The summed E-state index contributed by atoms with van der Waals surface area (Å²) in [6.07, 6.45) is 3.34. The number of hydrogen-bond acceptors (Lipinski definition) is 3. The van der Waals surface area contributed by atoms with Crippen LogP contribution in [0.5, 0.6) is 0 Å². The predicted octanol–water partition coefficient (Wildman–Crippen LogP) is 2.84. The van der Waals surface area contributed by atoms with Gasteiger partial charge in [-0.15, -0.1) is 0 Å². The van der Waals surface area contributed by atoms with E-state index in [0.29, 0.717) is 17.5 Å². The van der Waals surface area contributed by atoms with Gasteiger partial charge in [-0.2, -0.15) is 0 Å². The molecular formula is C18H25N3O2. The minimum Gasteiger partial charge on any atom is -0.321 e. The van der Waals surface area contributed by atoms with E-state index in [0.717, 1.165) is 38.2 Å². The zero-order chi connectivity index (χ0) is 16.4. The Morgan fingerprint density at radius 2 is 1.87 bits per heavy atom. The molecule has 0 spiro atoms. The van der Waals surface area contributed by atoms with E-state index in [1.807, 2.05) is 4.90 Å². The Morgan fingerprint density at radius 3 is 2.57 bits per heavy atom. The standard InChI is InChI=1S/C18H25N3O2/c1-13(22)14-5-7-16(8-6-14)19-18(23)21-10-3-4-15-12-20(2)11-9-17(15)21/h5-8,15,17H,3-4,9-12H2,1-2H3,(H,19,23)/t15-,17-/m0/s1. The number of Topliss-reactive ketones (excluding diaryl/α,β-unsaturated/α-hetero) is 1. The van der Waals surface area contributed by atoms with Gasteiger partial charge in [0.2, 0.25) is 0 Å². The summed E-state index contributed by atoms with van der Waals surface area (Å²) in [5.74, 6) is 0.626. The highest BCUT2D eigenvalue weighted by Gasteiger charge is 2.37. The minimum atomic E-state index is -0.0140.